The average molecular weight is 239 g/mol. The molecule has 0 saturated carbocycles. The number of nitrogens with one attached hydrogen (secondary N) is 1. The molecule has 0 bridgehead atoms. The Hall–Kier alpha value is -0.930. The molecule has 96 valence electrons. The van der Waals surface area contributed by atoms with E-state index in [1.54, 1.807) is 12.1 Å². The molecule has 1 aromatic rings. The molecule has 0 saturated heterocycles. The van der Waals surface area contributed by atoms with Crippen LogP contribution in [0.25, 0.3) is 0 Å². The number of aliphatic hydroxyl groups excluding tert-OH is 1. The molecular formula is C14H22FNO. The highest BCUT2D eigenvalue weighted by Crippen LogP contribution is 2.14. The Labute approximate surface area is 103 Å². The smallest absolute Gasteiger partial charge is 0.123 e. The van der Waals surface area contributed by atoms with Gasteiger partial charge in [-0.2, -0.15) is 0 Å². The first-order valence-corrected chi connectivity index (χ1v) is 6.21. The van der Waals surface area contributed by atoms with Gasteiger partial charge in [0.1, 0.15) is 5.82 Å². The summed E-state index contributed by atoms with van der Waals surface area (Å²) < 4.78 is 12.7. The number of aliphatic hydroxyl groups is 1. The van der Waals surface area contributed by atoms with Gasteiger partial charge in [-0.05, 0) is 30.5 Å². The second kappa shape index (κ2) is 6.72. The topological polar surface area (TPSA) is 32.3 Å². The van der Waals surface area contributed by atoms with E-state index in [0.717, 1.165) is 12.0 Å². The molecule has 2 nitrogen and oxygen atoms in total. The summed E-state index contributed by atoms with van der Waals surface area (Å²) in [6.45, 7) is 6.95. The van der Waals surface area contributed by atoms with E-state index in [4.69, 9.17) is 0 Å². The molecule has 0 aliphatic rings. The normalized spacial score (nSPS) is 16.5. The lowest BCUT2D eigenvalue weighted by Crippen LogP contribution is -2.34. The van der Waals surface area contributed by atoms with Crippen LogP contribution in [0, 0.1) is 11.7 Å². The van der Waals surface area contributed by atoms with Crippen LogP contribution in [-0.2, 0) is 0 Å². The molecule has 3 atom stereocenters. The zero-order chi connectivity index (χ0) is 12.8. The van der Waals surface area contributed by atoms with E-state index in [1.165, 1.54) is 12.1 Å². The molecule has 0 fully saturated rings. The van der Waals surface area contributed by atoms with Crippen molar-refractivity contribution in [1.82, 2.24) is 5.32 Å². The number of rotatable bonds is 6. The first-order chi connectivity index (χ1) is 8.04. The van der Waals surface area contributed by atoms with Crippen LogP contribution in [0.2, 0.25) is 0 Å². The molecule has 3 unspecified atom stereocenters. The number of hydrogen-bond acceptors (Lipinski definition) is 2. The van der Waals surface area contributed by atoms with Gasteiger partial charge in [-0.15, -0.1) is 0 Å². The Bertz CT molecular complexity index is 325. The molecule has 0 heterocycles. The summed E-state index contributed by atoms with van der Waals surface area (Å²) in [5, 5.41) is 13.2. The van der Waals surface area contributed by atoms with E-state index in [-0.39, 0.29) is 5.82 Å². The molecule has 0 spiro atoms. The molecule has 0 aromatic heterocycles. The number of halogens is 1. The summed E-state index contributed by atoms with van der Waals surface area (Å²) in [7, 11) is 0. The Morgan fingerprint density at radius 1 is 1.24 bits per heavy atom. The second-order valence-corrected chi connectivity index (χ2v) is 4.65. The molecule has 0 aliphatic heterocycles. The predicted molar refractivity (Wildman–Crippen MR) is 68.3 cm³/mol. The van der Waals surface area contributed by atoms with Crippen LogP contribution in [-0.4, -0.2) is 17.7 Å². The Kier molecular flexibility index (Phi) is 5.59. The molecule has 0 amide bonds. The van der Waals surface area contributed by atoms with Crippen molar-refractivity contribution in [3.8, 4) is 0 Å². The van der Waals surface area contributed by atoms with E-state index < -0.39 is 6.10 Å². The third-order valence-corrected chi connectivity index (χ3v) is 3.39. The van der Waals surface area contributed by atoms with Gasteiger partial charge >= 0.3 is 0 Å². The van der Waals surface area contributed by atoms with Gasteiger partial charge in [-0.25, -0.2) is 4.39 Å². The second-order valence-electron chi connectivity index (χ2n) is 4.65. The summed E-state index contributed by atoms with van der Waals surface area (Å²) >= 11 is 0. The Balaban J connectivity index is 2.44. The first kappa shape index (κ1) is 14.1. The molecule has 0 aliphatic carbocycles. The summed E-state index contributed by atoms with van der Waals surface area (Å²) in [6.07, 6.45) is 0.531. The summed E-state index contributed by atoms with van der Waals surface area (Å²) in [6, 6.07) is 6.36. The minimum Gasteiger partial charge on any atom is -0.387 e. The van der Waals surface area contributed by atoms with Crippen molar-refractivity contribution >= 4 is 0 Å². The molecule has 2 N–H and O–H groups in total. The maximum atomic E-state index is 12.7. The lowest BCUT2D eigenvalue weighted by atomic mass is 10.0. The van der Waals surface area contributed by atoms with Crippen molar-refractivity contribution < 1.29 is 9.50 Å². The van der Waals surface area contributed by atoms with Crippen LogP contribution in [0.5, 0.6) is 0 Å². The maximum Gasteiger partial charge on any atom is 0.123 e. The average Bonchev–Trinajstić information content (AvgIpc) is 2.35. The van der Waals surface area contributed by atoms with Gasteiger partial charge in [0.25, 0.3) is 0 Å². The van der Waals surface area contributed by atoms with Crippen molar-refractivity contribution in [2.24, 2.45) is 5.92 Å². The molecule has 1 rings (SSSR count). The van der Waals surface area contributed by atoms with Gasteiger partial charge in [0.15, 0.2) is 0 Å². The fraction of sp³-hybridized carbons (Fsp3) is 0.571. The first-order valence-electron chi connectivity index (χ1n) is 6.21. The van der Waals surface area contributed by atoms with Crippen LogP contribution >= 0.6 is 0 Å². The summed E-state index contributed by atoms with van der Waals surface area (Å²) in [5.74, 6) is 0.303. The third kappa shape index (κ3) is 4.44. The minimum atomic E-state index is -0.581. The zero-order valence-corrected chi connectivity index (χ0v) is 10.8. The highest BCUT2D eigenvalue weighted by atomic mass is 19.1. The maximum absolute atomic E-state index is 12.7. The van der Waals surface area contributed by atoms with Crippen molar-refractivity contribution in [3.63, 3.8) is 0 Å². The van der Waals surface area contributed by atoms with Crippen LogP contribution < -0.4 is 5.32 Å². The summed E-state index contributed by atoms with van der Waals surface area (Å²) in [4.78, 5) is 0. The van der Waals surface area contributed by atoms with Gasteiger partial charge in [-0.1, -0.05) is 32.4 Å². The fourth-order valence-corrected chi connectivity index (χ4v) is 1.66. The molecular weight excluding hydrogens is 217 g/mol. The highest BCUT2D eigenvalue weighted by molar-refractivity contribution is 5.18. The van der Waals surface area contributed by atoms with Crippen molar-refractivity contribution in [2.45, 2.75) is 39.3 Å². The fourth-order valence-electron chi connectivity index (χ4n) is 1.66. The Morgan fingerprint density at radius 3 is 2.35 bits per heavy atom. The highest BCUT2D eigenvalue weighted by Gasteiger charge is 2.12. The number of hydrogen-bond donors (Lipinski definition) is 2. The van der Waals surface area contributed by atoms with Gasteiger partial charge in [0.05, 0.1) is 6.10 Å². The lowest BCUT2D eigenvalue weighted by Gasteiger charge is -2.22. The number of benzene rings is 1. The quantitative estimate of drug-likeness (QED) is 0.800. The van der Waals surface area contributed by atoms with Gasteiger partial charge in [0.2, 0.25) is 0 Å². The largest absolute Gasteiger partial charge is 0.387 e. The van der Waals surface area contributed by atoms with Gasteiger partial charge < -0.3 is 10.4 Å². The van der Waals surface area contributed by atoms with Gasteiger partial charge in [0, 0.05) is 12.6 Å². The third-order valence-electron chi connectivity index (χ3n) is 3.39. The monoisotopic (exact) mass is 239 g/mol. The molecule has 17 heavy (non-hydrogen) atoms. The zero-order valence-electron chi connectivity index (χ0n) is 10.8. The van der Waals surface area contributed by atoms with Crippen LogP contribution in [0.4, 0.5) is 4.39 Å². The molecule has 1 aromatic carbocycles. The van der Waals surface area contributed by atoms with Gasteiger partial charge in [-0.3, -0.25) is 0 Å². The predicted octanol–water partition coefficient (Wildman–Crippen LogP) is 2.88. The van der Waals surface area contributed by atoms with Crippen molar-refractivity contribution in [1.29, 1.82) is 0 Å². The van der Waals surface area contributed by atoms with E-state index in [0.29, 0.717) is 18.5 Å². The van der Waals surface area contributed by atoms with E-state index in [9.17, 15) is 9.50 Å². The lowest BCUT2D eigenvalue weighted by molar-refractivity contribution is 0.166. The standard InChI is InChI=1S/C14H22FNO/c1-4-10(2)11(3)16-9-14(17)12-5-7-13(15)8-6-12/h5-8,10-11,14,16-17H,4,9H2,1-3H3. The van der Waals surface area contributed by atoms with Crippen molar-refractivity contribution in [3.05, 3.63) is 35.6 Å². The van der Waals surface area contributed by atoms with E-state index in [1.807, 2.05) is 0 Å². The van der Waals surface area contributed by atoms with Crippen molar-refractivity contribution in [2.75, 3.05) is 6.54 Å². The summed E-state index contributed by atoms with van der Waals surface area (Å²) in [5.41, 5.74) is 0.746. The molecule has 3 heteroatoms. The van der Waals surface area contributed by atoms with E-state index >= 15 is 0 Å². The SMILES string of the molecule is CCC(C)C(C)NCC(O)c1ccc(F)cc1. The minimum absolute atomic E-state index is 0.276. The van der Waals surface area contributed by atoms with Crippen LogP contribution in [0.1, 0.15) is 38.9 Å². The molecule has 0 radical (unpaired) electrons. The van der Waals surface area contributed by atoms with Crippen LogP contribution in [0.3, 0.4) is 0 Å². The van der Waals surface area contributed by atoms with Crippen LogP contribution in [0.15, 0.2) is 24.3 Å². The Morgan fingerprint density at radius 2 is 1.82 bits per heavy atom. The van der Waals surface area contributed by atoms with E-state index in [2.05, 4.69) is 26.1 Å².